The molecule has 0 radical (unpaired) electrons. The number of anilines is 1. The number of pyridine rings is 1. The zero-order valence-electron chi connectivity index (χ0n) is 6.54. The fourth-order valence-electron chi connectivity index (χ4n) is 1.27. The van der Waals surface area contributed by atoms with Gasteiger partial charge >= 0.3 is 0 Å². The quantitative estimate of drug-likeness (QED) is 0.594. The highest BCUT2D eigenvalue weighted by Gasteiger charge is 2.11. The van der Waals surface area contributed by atoms with Gasteiger partial charge in [0.15, 0.2) is 0 Å². The van der Waals surface area contributed by atoms with Crippen LogP contribution in [0.3, 0.4) is 0 Å². The lowest BCUT2D eigenvalue weighted by Gasteiger charge is -2.25. The fraction of sp³-hybridized carbons (Fsp3) is 0.375. The summed E-state index contributed by atoms with van der Waals surface area (Å²) in [6.07, 6.45) is 2.88. The maximum absolute atomic E-state index is 4.26. The van der Waals surface area contributed by atoms with E-state index in [2.05, 4.69) is 21.5 Å². The largest absolute Gasteiger partial charge is 0.317 e. The maximum Gasteiger partial charge on any atom is 0.0706 e. The molecule has 0 saturated heterocycles. The van der Waals surface area contributed by atoms with Crippen molar-refractivity contribution in [3.8, 4) is 0 Å². The molecule has 58 valence electrons. The van der Waals surface area contributed by atoms with Crippen molar-refractivity contribution in [3.63, 3.8) is 0 Å². The molecule has 1 aliphatic rings. The van der Waals surface area contributed by atoms with E-state index in [-0.39, 0.29) is 0 Å². The summed E-state index contributed by atoms with van der Waals surface area (Å²) in [5.41, 5.74) is 5.54. The van der Waals surface area contributed by atoms with Crippen molar-refractivity contribution in [2.75, 3.05) is 19.0 Å². The second kappa shape index (κ2) is 2.51. The molecular weight excluding hydrogens is 138 g/mol. The Balaban J connectivity index is 2.34. The normalized spacial score (nSPS) is 17.2. The second-order valence-electron chi connectivity index (χ2n) is 2.78. The minimum Gasteiger partial charge on any atom is -0.317 e. The lowest BCUT2D eigenvalue weighted by molar-refractivity contribution is 0.389. The first kappa shape index (κ1) is 6.61. The Morgan fingerprint density at radius 3 is 3.45 bits per heavy atom. The second-order valence-corrected chi connectivity index (χ2v) is 2.78. The lowest BCUT2D eigenvalue weighted by Crippen LogP contribution is -2.32. The van der Waals surface area contributed by atoms with Crippen molar-refractivity contribution in [1.82, 2.24) is 9.99 Å². The lowest BCUT2D eigenvalue weighted by atomic mass is 10.2. The van der Waals surface area contributed by atoms with Gasteiger partial charge in [-0.2, -0.15) is 0 Å². The van der Waals surface area contributed by atoms with Crippen molar-refractivity contribution in [1.29, 1.82) is 0 Å². The Morgan fingerprint density at radius 2 is 2.55 bits per heavy atom. The van der Waals surface area contributed by atoms with Crippen molar-refractivity contribution >= 4 is 5.69 Å². The number of nitrogens with zero attached hydrogens (tertiary/aromatic N) is 2. The molecule has 1 N–H and O–H groups in total. The minimum absolute atomic E-state index is 1.03. The summed E-state index contributed by atoms with van der Waals surface area (Å²) >= 11 is 0. The summed E-state index contributed by atoms with van der Waals surface area (Å²) in [5.74, 6) is 0. The van der Waals surface area contributed by atoms with Crippen LogP contribution in [-0.2, 0) is 6.42 Å². The molecule has 0 amide bonds. The van der Waals surface area contributed by atoms with E-state index in [1.165, 1.54) is 5.69 Å². The first-order valence-electron chi connectivity index (χ1n) is 3.78. The zero-order chi connectivity index (χ0) is 7.68. The van der Waals surface area contributed by atoms with Crippen molar-refractivity contribution in [3.05, 3.63) is 24.0 Å². The van der Waals surface area contributed by atoms with Crippen LogP contribution in [0.2, 0.25) is 0 Å². The number of aromatic nitrogens is 1. The van der Waals surface area contributed by atoms with E-state index in [9.17, 15) is 0 Å². The average Bonchev–Trinajstić information content (AvgIpc) is 2.04. The highest BCUT2D eigenvalue weighted by atomic mass is 15.5. The van der Waals surface area contributed by atoms with Crippen molar-refractivity contribution in [2.24, 2.45) is 0 Å². The molecule has 1 aromatic rings. The SMILES string of the molecule is CN1CCc2ncccc2N1. The van der Waals surface area contributed by atoms with E-state index in [4.69, 9.17) is 0 Å². The molecule has 0 aromatic carbocycles. The number of rotatable bonds is 0. The molecule has 0 fully saturated rings. The topological polar surface area (TPSA) is 28.2 Å². The standard InChI is InChI=1S/C8H11N3/c1-11-6-4-7-8(10-11)3-2-5-9-7/h2-3,5,10H,4,6H2,1H3. The van der Waals surface area contributed by atoms with Crippen LogP contribution < -0.4 is 5.43 Å². The molecule has 11 heavy (non-hydrogen) atoms. The van der Waals surface area contributed by atoms with Crippen LogP contribution >= 0.6 is 0 Å². The Kier molecular flexibility index (Phi) is 1.51. The molecule has 0 spiro atoms. The average molecular weight is 149 g/mol. The Labute approximate surface area is 66.0 Å². The van der Waals surface area contributed by atoms with E-state index in [0.29, 0.717) is 0 Å². The van der Waals surface area contributed by atoms with E-state index < -0.39 is 0 Å². The summed E-state index contributed by atoms with van der Waals surface area (Å²) in [4.78, 5) is 4.26. The van der Waals surface area contributed by atoms with Crippen LogP contribution in [0.4, 0.5) is 5.69 Å². The molecule has 0 atom stereocenters. The van der Waals surface area contributed by atoms with E-state index in [0.717, 1.165) is 18.7 Å². The molecule has 2 rings (SSSR count). The van der Waals surface area contributed by atoms with Crippen LogP contribution in [0.1, 0.15) is 5.69 Å². The summed E-state index contributed by atoms with van der Waals surface area (Å²) in [5, 5.41) is 2.07. The highest BCUT2D eigenvalue weighted by Crippen LogP contribution is 2.17. The van der Waals surface area contributed by atoms with E-state index >= 15 is 0 Å². The van der Waals surface area contributed by atoms with Crippen LogP contribution in [0.25, 0.3) is 0 Å². The highest BCUT2D eigenvalue weighted by molar-refractivity contribution is 5.47. The number of hydrogen-bond acceptors (Lipinski definition) is 3. The maximum atomic E-state index is 4.26. The smallest absolute Gasteiger partial charge is 0.0706 e. The third kappa shape index (κ3) is 1.19. The molecule has 0 aliphatic carbocycles. The molecule has 2 heterocycles. The molecule has 0 bridgehead atoms. The number of nitrogens with one attached hydrogen (secondary N) is 1. The van der Waals surface area contributed by atoms with Gasteiger partial charge in [0.1, 0.15) is 0 Å². The van der Waals surface area contributed by atoms with Gasteiger partial charge in [0.2, 0.25) is 0 Å². The van der Waals surface area contributed by atoms with Gasteiger partial charge in [0.05, 0.1) is 11.4 Å². The molecule has 3 heteroatoms. The van der Waals surface area contributed by atoms with Crippen molar-refractivity contribution < 1.29 is 0 Å². The third-order valence-corrected chi connectivity index (χ3v) is 1.89. The van der Waals surface area contributed by atoms with E-state index in [1.807, 2.05) is 19.3 Å². The monoisotopic (exact) mass is 149 g/mol. The minimum atomic E-state index is 1.03. The summed E-state index contributed by atoms with van der Waals surface area (Å²) in [6, 6.07) is 4.00. The summed E-state index contributed by atoms with van der Waals surface area (Å²) < 4.78 is 0. The Bertz CT molecular complexity index is 259. The van der Waals surface area contributed by atoms with Gasteiger partial charge in [0, 0.05) is 26.2 Å². The predicted molar refractivity (Wildman–Crippen MR) is 44.2 cm³/mol. The number of hydrogen-bond donors (Lipinski definition) is 1. The molecule has 1 aliphatic heterocycles. The predicted octanol–water partition coefficient (Wildman–Crippen LogP) is 0.896. The number of hydrazine groups is 1. The number of likely N-dealkylation sites (N-methyl/N-ethyl adjacent to an activating group) is 1. The fourth-order valence-corrected chi connectivity index (χ4v) is 1.27. The van der Waals surface area contributed by atoms with Gasteiger partial charge in [-0.25, -0.2) is 5.01 Å². The third-order valence-electron chi connectivity index (χ3n) is 1.89. The van der Waals surface area contributed by atoms with Crippen LogP contribution in [0.15, 0.2) is 18.3 Å². The summed E-state index contributed by atoms with van der Waals surface area (Å²) in [7, 11) is 2.04. The van der Waals surface area contributed by atoms with Gasteiger partial charge in [-0.15, -0.1) is 0 Å². The van der Waals surface area contributed by atoms with E-state index in [1.54, 1.807) is 0 Å². The number of fused-ring (bicyclic) bond motifs is 1. The van der Waals surface area contributed by atoms with Gasteiger partial charge in [-0.1, -0.05) is 0 Å². The van der Waals surface area contributed by atoms with Gasteiger partial charge in [-0.05, 0) is 12.1 Å². The Hall–Kier alpha value is -1.09. The molecule has 3 nitrogen and oxygen atoms in total. The molecule has 1 aromatic heterocycles. The van der Waals surface area contributed by atoms with Gasteiger partial charge in [-0.3, -0.25) is 4.98 Å². The molecule has 0 saturated carbocycles. The van der Waals surface area contributed by atoms with Gasteiger partial charge in [0.25, 0.3) is 0 Å². The molecular formula is C8H11N3. The first-order chi connectivity index (χ1) is 5.36. The Morgan fingerprint density at radius 1 is 1.64 bits per heavy atom. The summed E-state index contributed by atoms with van der Waals surface area (Å²) in [6.45, 7) is 1.03. The zero-order valence-corrected chi connectivity index (χ0v) is 6.54. The van der Waals surface area contributed by atoms with Crippen molar-refractivity contribution in [2.45, 2.75) is 6.42 Å². The van der Waals surface area contributed by atoms with Crippen LogP contribution in [-0.4, -0.2) is 23.6 Å². The van der Waals surface area contributed by atoms with Gasteiger partial charge < -0.3 is 5.43 Å². The van der Waals surface area contributed by atoms with Crippen LogP contribution in [0.5, 0.6) is 0 Å². The van der Waals surface area contributed by atoms with Crippen LogP contribution in [0, 0.1) is 0 Å². The first-order valence-corrected chi connectivity index (χ1v) is 3.78. The molecule has 0 unspecified atom stereocenters.